The van der Waals surface area contributed by atoms with Crippen molar-refractivity contribution in [2.24, 2.45) is 5.92 Å². The summed E-state index contributed by atoms with van der Waals surface area (Å²) in [4.78, 5) is 10.5. The summed E-state index contributed by atoms with van der Waals surface area (Å²) in [5.41, 5.74) is 0. The molecule has 1 rings (SSSR count). The van der Waals surface area contributed by atoms with Gasteiger partial charge in [0.15, 0.2) is 5.25 Å². The van der Waals surface area contributed by atoms with Crippen LogP contribution < -0.4 is 10.0 Å². The highest BCUT2D eigenvalue weighted by molar-refractivity contribution is 7.90. The molecule has 6 nitrogen and oxygen atoms in total. The molecular formula is C8H16N2O4S. The summed E-state index contributed by atoms with van der Waals surface area (Å²) in [5.74, 6) is -1.06. The van der Waals surface area contributed by atoms with Crippen LogP contribution in [0.15, 0.2) is 0 Å². The maximum atomic E-state index is 11.4. The van der Waals surface area contributed by atoms with Gasteiger partial charge < -0.3 is 10.4 Å². The summed E-state index contributed by atoms with van der Waals surface area (Å²) in [6, 6.07) is 0. The maximum absolute atomic E-state index is 11.4. The molecule has 15 heavy (non-hydrogen) atoms. The van der Waals surface area contributed by atoms with Crippen LogP contribution in [0.5, 0.6) is 0 Å². The van der Waals surface area contributed by atoms with E-state index in [4.69, 9.17) is 5.11 Å². The summed E-state index contributed by atoms with van der Waals surface area (Å²) in [6.07, 6.45) is 0.921. The molecule has 88 valence electrons. The molecule has 0 aliphatic carbocycles. The number of rotatable bonds is 5. The standard InChI is InChI=1S/C8H16N2O4S/c1-6(8(11)12)15(13,14)10-5-7-2-3-9-4-7/h6-7,9-10H,2-5H2,1H3,(H,11,12). The third-order valence-electron chi connectivity index (χ3n) is 2.55. The van der Waals surface area contributed by atoms with Crippen molar-refractivity contribution < 1.29 is 18.3 Å². The van der Waals surface area contributed by atoms with Crippen molar-refractivity contribution in [3.05, 3.63) is 0 Å². The molecule has 2 atom stereocenters. The second kappa shape index (κ2) is 4.91. The highest BCUT2D eigenvalue weighted by atomic mass is 32.2. The normalized spacial score (nSPS) is 23.9. The third kappa shape index (κ3) is 3.44. The molecular weight excluding hydrogens is 220 g/mol. The first-order valence-electron chi connectivity index (χ1n) is 4.85. The van der Waals surface area contributed by atoms with Crippen LogP contribution in [0.3, 0.4) is 0 Å². The van der Waals surface area contributed by atoms with Crippen LogP contribution in [0.2, 0.25) is 0 Å². The number of carboxylic acids is 1. The van der Waals surface area contributed by atoms with Gasteiger partial charge in [0.2, 0.25) is 10.0 Å². The minimum absolute atomic E-state index is 0.265. The Hall–Kier alpha value is -0.660. The van der Waals surface area contributed by atoms with Gasteiger partial charge in [0, 0.05) is 6.54 Å². The van der Waals surface area contributed by atoms with E-state index in [1.807, 2.05) is 0 Å². The van der Waals surface area contributed by atoms with Crippen LogP contribution in [-0.2, 0) is 14.8 Å². The Bertz CT molecular complexity index is 322. The van der Waals surface area contributed by atoms with Gasteiger partial charge in [0.25, 0.3) is 0 Å². The van der Waals surface area contributed by atoms with E-state index in [0.717, 1.165) is 26.4 Å². The molecule has 1 saturated heterocycles. The Labute approximate surface area is 89.1 Å². The minimum Gasteiger partial charge on any atom is -0.480 e. The van der Waals surface area contributed by atoms with E-state index in [2.05, 4.69) is 10.0 Å². The lowest BCUT2D eigenvalue weighted by atomic mass is 10.1. The van der Waals surface area contributed by atoms with Crippen molar-refractivity contribution in [2.45, 2.75) is 18.6 Å². The first kappa shape index (κ1) is 12.4. The van der Waals surface area contributed by atoms with Crippen molar-refractivity contribution in [1.82, 2.24) is 10.0 Å². The molecule has 0 saturated carbocycles. The fourth-order valence-corrected chi connectivity index (χ4v) is 2.36. The largest absolute Gasteiger partial charge is 0.480 e. The molecule has 1 fully saturated rings. The van der Waals surface area contributed by atoms with E-state index < -0.39 is 21.2 Å². The molecule has 7 heteroatoms. The topological polar surface area (TPSA) is 95.5 Å². The molecule has 2 unspecified atom stereocenters. The van der Waals surface area contributed by atoms with Gasteiger partial charge in [-0.05, 0) is 32.4 Å². The SMILES string of the molecule is CC(C(=O)O)S(=O)(=O)NCC1CCNC1. The van der Waals surface area contributed by atoms with E-state index in [-0.39, 0.29) is 5.92 Å². The van der Waals surface area contributed by atoms with Gasteiger partial charge in [-0.3, -0.25) is 4.79 Å². The lowest BCUT2D eigenvalue weighted by Crippen LogP contribution is -2.40. The van der Waals surface area contributed by atoms with Crippen LogP contribution >= 0.6 is 0 Å². The molecule has 0 spiro atoms. The molecule has 0 aromatic carbocycles. The zero-order chi connectivity index (χ0) is 11.5. The second-order valence-electron chi connectivity index (χ2n) is 3.73. The Morgan fingerprint density at radius 1 is 1.67 bits per heavy atom. The number of carboxylic acid groups (broad SMARTS) is 1. The van der Waals surface area contributed by atoms with Gasteiger partial charge >= 0.3 is 5.97 Å². The van der Waals surface area contributed by atoms with Crippen molar-refractivity contribution >= 4 is 16.0 Å². The fraction of sp³-hybridized carbons (Fsp3) is 0.875. The predicted octanol–water partition coefficient (Wildman–Crippen LogP) is -1.01. The molecule has 1 aliphatic rings. The van der Waals surface area contributed by atoms with E-state index >= 15 is 0 Å². The molecule has 0 radical (unpaired) electrons. The predicted molar refractivity (Wildman–Crippen MR) is 55.0 cm³/mol. The first-order chi connectivity index (χ1) is 6.93. The molecule has 0 amide bonds. The fourth-order valence-electron chi connectivity index (χ4n) is 1.38. The molecule has 1 heterocycles. The average molecular weight is 236 g/mol. The number of hydrogen-bond acceptors (Lipinski definition) is 4. The zero-order valence-electron chi connectivity index (χ0n) is 8.56. The number of sulfonamides is 1. The van der Waals surface area contributed by atoms with Gasteiger partial charge in [-0.1, -0.05) is 0 Å². The molecule has 1 aliphatic heterocycles. The molecule has 0 bridgehead atoms. The molecule has 0 aromatic rings. The van der Waals surface area contributed by atoms with Gasteiger partial charge in [-0.2, -0.15) is 0 Å². The van der Waals surface area contributed by atoms with E-state index in [1.54, 1.807) is 0 Å². The number of hydrogen-bond donors (Lipinski definition) is 3. The van der Waals surface area contributed by atoms with Gasteiger partial charge in [0.1, 0.15) is 0 Å². The van der Waals surface area contributed by atoms with Crippen molar-refractivity contribution in [3.63, 3.8) is 0 Å². The second-order valence-corrected chi connectivity index (χ2v) is 5.82. The van der Waals surface area contributed by atoms with Crippen molar-refractivity contribution in [3.8, 4) is 0 Å². The molecule has 3 N–H and O–H groups in total. The zero-order valence-corrected chi connectivity index (χ0v) is 9.38. The summed E-state index contributed by atoms with van der Waals surface area (Å²) in [7, 11) is -3.72. The number of carbonyl (C=O) groups is 1. The Balaban J connectivity index is 2.45. The summed E-state index contributed by atoms with van der Waals surface area (Å²) >= 11 is 0. The van der Waals surface area contributed by atoms with Crippen LogP contribution in [0.1, 0.15) is 13.3 Å². The summed E-state index contributed by atoms with van der Waals surface area (Å²) in [6.45, 7) is 3.15. The lowest BCUT2D eigenvalue weighted by Gasteiger charge is -2.12. The Morgan fingerprint density at radius 3 is 2.80 bits per heavy atom. The summed E-state index contributed by atoms with van der Waals surface area (Å²) < 4.78 is 25.2. The molecule has 0 aromatic heterocycles. The lowest BCUT2D eigenvalue weighted by molar-refractivity contribution is -0.136. The number of aliphatic carboxylic acids is 1. The highest BCUT2D eigenvalue weighted by Gasteiger charge is 2.28. The van der Waals surface area contributed by atoms with Crippen LogP contribution in [0, 0.1) is 5.92 Å². The van der Waals surface area contributed by atoms with Crippen LogP contribution in [0.25, 0.3) is 0 Å². The van der Waals surface area contributed by atoms with E-state index in [0.29, 0.717) is 6.54 Å². The van der Waals surface area contributed by atoms with E-state index in [1.165, 1.54) is 0 Å². The Kier molecular flexibility index (Phi) is 4.06. The average Bonchev–Trinajstić information content (AvgIpc) is 2.66. The minimum atomic E-state index is -3.72. The van der Waals surface area contributed by atoms with Gasteiger partial charge in [-0.25, -0.2) is 13.1 Å². The third-order valence-corrected chi connectivity index (χ3v) is 4.25. The summed E-state index contributed by atoms with van der Waals surface area (Å²) in [5, 5.41) is 10.3. The number of nitrogens with one attached hydrogen (secondary N) is 2. The smallest absolute Gasteiger partial charge is 0.323 e. The van der Waals surface area contributed by atoms with Crippen LogP contribution in [0.4, 0.5) is 0 Å². The maximum Gasteiger partial charge on any atom is 0.323 e. The van der Waals surface area contributed by atoms with Crippen molar-refractivity contribution in [2.75, 3.05) is 19.6 Å². The van der Waals surface area contributed by atoms with Gasteiger partial charge in [0.05, 0.1) is 0 Å². The van der Waals surface area contributed by atoms with Gasteiger partial charge in [-0.15, -0.1) is 0 Å². The quantitative estimate of drug-likeness (QED) is 0.568. The van der Waals surface area contributed by atoms with Crippen LogP contribution in [-0.4, -0.2) is 44.4 Å². The van der Waals surface area contributed by atoms with E-state index in [9.17, 15) is 13.2 Å². The Morgan fingerprint density at radius 2 is 2.33 bits per heavy atom. The first-order valence-corrected chi connectivity index (χ1v) is 6.40. The monoisotopic (exact) mass is 236 g/mol. The van der Waals surface area contributed by atoms with Crippen molar-refractivity contribution in [1.29, 1.82) is 0 Å². The highest BCUT2D eigenvalue weighted by Crippen LogP contribution is 2.07.